The van der Waals surface area contributed by atoms with Crippen molar-refractivity contribution >= 4 is 44.3 Å². The Kier molecular flexibility index (Phi) is 4.12. The lowest BCUT2D eigenvalue weighted by atomic mass is 10.1. The Labute approximate surface area is 140 Å². The molecule has 24 heavy (non-hydrogen) atoms. The van der Waals surface area contributed by atoms with Gasteiger partial charge in [0.1, 0.15) is 0 Å². The van der Waals surface area contributed by atoms with Crippen molar-refractivity contribution in [3.63, 3.8) is 0 Å². The van der Waals surface area contributed by atoms with E-state index >= 15 is 0 Å². The van der Waals surface area contributed by atoms with Gasteiger partial charge in [-0.05, 0) is 29.7 Å². The average molecular weight is 316 g/mol. The van der Waals surface area contributed by atoms with E-state index in [4.69, 9.17) is 22.9 Å². The minimum absolute atomic E-state index is 0.741. The summed E-state index contributed by atoms with van der Waals surface area (Å²) in [5.74, 6) is 0. The second-order valence-corrected chi connectivity index (χ2v) is 5.58. The van der Waals surface area contributed by atoms with Gasteiger partial charge in [-0.3, -0.25) is 0 Å². The van der Waals surface area contributed by atoms with Crippen LogP contribution in [-0.4, -0.2) is 0 Å². The minimum Gasteiger partial charge on any atom is -0.398 e. The highest BCUT2D eigenvalue weighted by Gasteiger charge is 1.99. The predicted molar refractivity (Wildman–Crippen MR) is 106 cm³/mol. The molecule has 0 heterocycles. The van der Waals surface area contributed by atoms with Gasteiger partial charge in [0, 0.05) is 38.9 Å². The van der Waals surface area contributed by atoms with E-state index in [-0.39, 0.29) is 0 Å². The highest BCUT2D eigenvalue weighted by atomic mass is 14.6. The van der Waals surface area contributed by atoms with Crippen LogP contribution >= 0.6 is 0 Å². The van der Waals surface area contributed by atoms with Gasteiger partial charge in [0.25, 0.3) is 0 Å². The van der Waals surface area contributed by atoms with Gasteiger partial charge in [-0.15, -0.1) is 0 Å². The molecule has 4 aromatic rings. The lowest BCUT2D eigenvalue weighted by Gasteiger charge is -2.03. The van der Waals surface area contributed by atoms with E-state index in [0.717, 1.165) is 44.3 Å². The maximum Gasteiger partial charge on any atom is 0.0414 e. The molecule has 4 rings (SSSR count). The Morgan fingerprint density at radius 3 is 1.21 bits per heavy atom. The summed E-state index contributed by atoms with van der Waals surface area (Å²) in [5, 5.41) is 4.10. The number of benzene rings is 4. The maximum absolute atomic E-state index is 5.78. The zero-order chi connectivity index (χ0) is 17.1. The third-order valence-electron chi connectivity index (χ3n) is 3.96. The van der Waals surface area contributed by atoms with Crippen molar-refractivity contribution < 1.29 is 0 Å². The number of anilines is 4. The van der Waals surface area contributed by atoms with E-state index in [9.17, 15) is 0 Å². The summed E-state index contributed by atoms with van der Waals surface area (Å²) in [7, 11) is 0. The highest BCUT2D eigenvalue weighted by molar-refractivity contribution is 6.01. The van der Waals surface area contributed by atoms with Gasteiger partial charge in [-0.2, -0.15) is 0 Å². The molecule has 0 saturated heterocycles. The van der Waals surface area contributed by atoms with Gasteiger partial charge < -0.3 is 22.9 Å². The Morgan fingerprint density at radius 1 is 0.417 bits per heavy atom. The normalized spacial score (nSPS) is 10.3. The van der Waals surface area contributed by atoms with E-state index in [0.29, 0.717) is 0 Å². The lowest BCUT2D eigenvalue weighted by molar-refractivity contribution is 1.71. The standard InChI is InChI=1S/2C10H10N2/c11-9-5-1-3-7-8(9)4-2-6-10(7)12;11-8-5-1-3-7-4-2-6-9(12)10(7)8/h2*1-6H,11-12H2. The molecule has 4 aromatic carbocycles. The smallest absolute Gasteiger partial charge is 0.0414 e. The molecule has 0 unspecified atom stereocenters. The number of nitrogen functional groups attached to an aromatic ring is 4. The number of hydrogen-bond donors (Lipinski definition) is 4. The number of rotatable bonds is 0. The van der Waals surface area contributed by atoms with Gasteiger partial charge in [0.05, 0.1) is 0 Å². The van der Waals surface area contributed by atoms with Crippen LogP contribution in [0.1, 0.15) is 0 Å². The summed E-state index contributed by atoms with van der Waals surface area (Å²) in [6, 6.07) is 23.1. The van der Waals surface area contributed by atoms with Gasteiger partial charge >= 0.3 is 0 Å². The third-order valence-corrected chi connectivity index (χ3v) is 3.96. The SMILES string of the molecule is Nc1cccc2c(N)cccc12.Nc1cccc2cccc(N)c12. The molecule has 8 N–H and O–H groups in total. The minimum atomic E-state index is 0.741. The van der Waals surface area contributed by atoms with Crippen molar-refractivity contribution in [2.24, 2.45) is 0 Å². The van der Waals surface area contributed by atoms with Crippen LogP contribution in [0.3, 0.4) is 0 Å². The fourth-order valence-corrected chi connectivity index (χ4v) is 2.76. The first-order valence-corrected chi connectivity index (χ1v) is 7.63. The van der Waals surface area contributed by atoms with Crippen LogP contribution in [-0.2, 0) is 0 Å². The first-order valence-electron chi connectivity index (χ1n) is 7.63. The molecule has 0 radical (unpaired) electrons. The lowest BCUT2D eigenvalue weighted by Crippen LogP contribution is -1.91. The van der Waals surface area contributed by atoms with Crippen LogP contribution < -0.4 is 22.9 Å². The van der Waals surface area contributed by atoms with E-state index in [1.807, 2.05) is 72.8 Å². The van der Waals surface area contributed by atoms with Gasteiger partial charge in [0.2, 0.25) is 0 Å². The molecule has 0 aliphatic carbocycles. The van der Waals surface area contributed by atoms with Crippen molar-refractivity contribution in [1.29, 1.82) is 0 Å². The highest BCUT2D eigenvalue weighted by Crippen LogP contribution is 2.26. The van der Waals surface area contributed by atoms with E-state index in [2.05, 4.69) is 0 Å². The Hall–Kier alpha value is -3.40. The topological polar surface area (TPSA) is 104 Å². The zero-order valence-electron chi connectivity index (χ0n) is 13.2. The quantitative estimate of drug-likeness (QED) is 0.368. The van der Waals surface area contributed by atoms with Crippen LogP contribution in [0.25, 0.3) is 21.5 Å². The first kappa shape index (κ1) is 15.5. The molecule has 0 aliphatic heterocycles. The summed E-state index contributed by atoms with van der Waals surface area (Å²) < 4.78 is 0. The largest absolute Gasteiger partial charge is 0.398 e. The Bertz CT molecular complexity index is 931. The summed E-state index contributed by atoms with van der Waals surface area (Å²) in [6.45, 7) is 0. The molecule has 0 aromatic heterocycles. The fraction of sp³-hybridized carbons (Fsp3) is 0. The molecule has 0 amide bonds. The Balaban J connectivity index is 0.000000141. The van der Waals surface area contributed by atoms with Crippen molar-refractivity contribution in [2.45, 2.75) is 0 Å². The molecular formula is C20H20N4. The van der Waals surface area contributed by atoms with Crippen LogP contribution in [0.2, 0.25) is 0 Å². The van der Waals surface area contributed by atoms with Crippen molar-refractivity contribution in [3.8, 4) is 0 Å². The number of hydrogen-bond acceptors (Lipinski definition) is 4. The molecule has 0 bridgehead atoms. The first-order chi connectivity index (χ1) is 11.6. The Morgan fingerprint density at radius 2 is 0.792 bits per heavy atom. The summed E-state index contributed by atoms with van der Waals surface area (Å²) in [4.78, 5) is 0. The van der Waals surface area contributed by atoms with Gasteiger partial charge in [0.15, 0.2) is 0 Å². The van der Waals surface area contributed by atoms with Crippen LogP contribution in [0.15, 0.2) is 72.8 Å². The molecule has 4 nitrogen and oxygen atoms in total. The van der Waals surface area contributed by atoms with Crippen LogP contribution in [0, 0.1) is 0 Å². The van der Waals surface area contributed by atoms with Gasteiger partial charge in [-0.25, -0.2) is 0 Å². The zero-order valence-corrected chi connectivity index (χ0v) is 13.2. The summed E-state index contributed by atoms with van der Waals surface area (Å²) >= 11 is 0. The summed E-state index contributed by atoms with van der Waals surface area (Å²) in [5.41, 5.74) is 26.1. The summed E-state index contributed by atoms with van der Waals surface area (Å²) in [6.07, 6.45) is 0. The molecular weight excluding hydrogens is 296 g/mol. The fourth-order valence-electron chi connectivity index (χ4n) is 2.76. The second-order valence-electron chi connectivity index (χ2n) is 5.58. The predicted octanol–water partition coefficient (Wildman–Crippen LogP) is 4.01. The molecule has 0 fully saturated rings. The van der Waals surface area contributed by atoms with Crippen LogP contribution in [0.4, 0.5) is 22.7 Å². The van der Waals surface area contributed by atoms with Crippen molar-refractivity contribution in [3.05, 3.63) is 72.8 Å². The molecule has 120 valence electrons. The number of nitrogens with two attached hydrogens (primary N) is 4. The molecule has 0 atom stereocenters. The molecule has 0 aliphatic rings. The third kappa shape index (κ3) is 2.90. The molecule has 0 spiro atoms. The maximum atomic E-state index is 5.78. The molecule has 0 saturated carbocycles. The van der Waals surface area contributed by atoms with Crippen molar-refractivity contribution in [1.82, 2.24) is 0 Å². The van der Waals surface area contributed by atoms with Crippen LogP contribution in [0.5, 0.6) is 0 Å². The monoisotopic (exact) mass is 316 g/mol. The van der Waals surface area contributed by atoms with E-state index in [1.54, 1.807) is 0 Å². The van der Waals surface area contributed by atoms with E-state index < -0.39 is 0 Å². The molecule has 4 heteroatoms. The average Bonchev–Trinajstić information content (AvgIpc) is 2.57. The number of fused-ring (bicyclic) bond motifs is 2. The van der Waals surface area contributed by atoms with Gasteiger partial charge in [-0.1, -0.05) is 48.5 Å². The van der Waals surface area contributed by atoms with Crippen molar-refractivity contribution in [2.75, 3.05) is 22.9 Å². The van der Waals surface area contributed by atoms with E-state index in [1.165, 1.54) is 0 Å². The second kappa shape index (κ2) is 6.38.